The molecule has 0 aliphatic rings. The summed E-state index contributed by atoms with van der Waals surface area (Å²) in [6.07, 6.45) is 3.85. The molecule has 0 saturated heterocycles. The van der Waals surface area contributed by atoms with E-state index in [4.69, 9.17) is 4.42 Å². The lowest BCUT2D eigenvalue weighted by atomic mass is 10.1. The Bertz CT molecular complexity index is 476. The molecule has 0 unspecified atom stereocenters. The minimum Gasteiger partial charge on any atom is -0.472 e. The van der Waals surface area contributed by atoms with Gasteiger partial charge in [-0.1, -0.05) is 30.3 Å². The number of likely N-dealkylation sites (N-methyl/N-ethyl adjacent to an activating group) is 1. The first-order valence-electron chi connectivity index (χ1n) is 5.99. The summed E-state index contributed by atoms with van der Waals surface area (Å²) in [5.74, 6) is 0.229. The van der Waals surface area contributed by atoms with Crippen molar-refractivity contribution in [1.82, 2.24) is 4.90 Å². The van der Waals surface area contributed by atoms with Crippen LogP contribution in [-0.4, -0.2) is 24.3 Å². The van der Waals surface area contributed by atoms with Crippen molar-refractivity contribution >= 4 is 5.78 Å². The van der Waals surface area contributed by atoms with Crippen LogP contribution in [0.3, 0.4) is 0 Å². The van der Waals surface area contributed by atoms with Gasteiger partial charge in [0, 0.05) is 18.5 Å². The van der Waals surface area contributed by atoms with Gasteiger partial charge in [-0.05, 0) is 18.7 Å². The molecular formula is C15H17NO2. The highest BCUT2D eigenvalue weighted by Gasteiger charge is 2.08. The van der Waals surface area contributed by atoms with E-state index in [0.29, 0.717) is 13.0 Å². The minimum absolute atomic E-state index is 0.229. The predicted molar refractivity (Wildman–Crippen MR) is 70.2 cm³/mol. The Kier molecular flexibility index (Phi) is 4.31. The van der Waals surface area contributed by atoms with Crippen molar-refractivity contribution < 1.29 is 9.21 Å². The van der Waals surface area contributed by atoms with Crippen LogP contribution in [0.25, 0.3) is 0 Å². The fourth-order valence-electron chi connectivity index (χ4n) is 1.93. The fourth-order valence-corrected chi connectivity index (χ4v) is 1.93. The van der Waals surface area contributed by atoms with E-state index in [0.717, 1.165) is 17.7 Å². The van der Waals surface area contributed by atoms with Crippen molar-refractivity contribution in [2.24, 2.45) is 0 Å². The number of ketones is 1. The van der Waals surface area contributed by atoms with Gasteiger partial charge in [-0.3, -0.25) is 9.69 Å². The maximum Gasteiger partial charge on any atom is 0.151 e. The molecule has 18 heavy (non-hydrogen) atoms. The molecule has 2 rings (SSSR count). The minimum atomic E-state index is 0.229. The smallest absolute Gasteiger partial charge is 0.151 e. The van der Waals surface area contributed by atoms with Crippen molar-refractivity contribution in [1.29, 1.82) is 0 Å². The zero-order valence-electron chi connectivity index (χ0n) is 10.5. The topological polar surface area (TPSA) is 33.5 Å². The number of hydrogen-bond donors (Lipinski definition) is 0. The number of benzene rings is 1. The molecule has 0 bridgehead atoms. The Balaban J connectivity index is 1.80. The van der Waals surface area contributed by atoms with Crippen LogP contribution in [0, 0.1) is 0 Å². The maximum atomic E-state index is 11.9. The van der Waals surface area contributed by atoms with Crippen molar-refractivity contribution in [3.05, 3.63) is 60.1 Å². The molecule has 94 valence electrons. The van der Waals surface area contributed by atoms with Crippen LogP contribution < -0.4 is 0 Å². The van der Waals surface area contributed by atoms with Crippen LogP contribution in [0.15, 0.2) is 53.3 Å². The summed E-state index contributed by atoms with van der Waals surface area (Å²) in [4.78, 5) is 13.9. The average Bonchev–Trinajstić information content (AvgIpc) is 2.82. The third kappa shape index (κ3) is 3.86. The van der Waals surface area contributed by atoms with Gasteiger partial charge >= 0.3 is 0 Å². The number of rotatable bonds is 6. The molecule has 3 nitrogen and oxygen atoms in total. The van der Waals surface area contributed by atoms with Gasteiger partial charge in [-0.15, -0.1) is 0 Å². The fraction of sp³-hybridized carbons (Fsp3) is 0.267. The number of furan rings is 1. The van der Waals surface area contributed by atoms with Gasteiger partial charge in [-0.25, -0.2) is 0 Å². The van der Waals surface area contributed by atoms with Gasteiger partial charge < -0.3 is 4.42 Å². The van der Waals surface area contributed by atoms with Gasteiger partial charge in [0.15, 0.2) is 5.78 Å². The molecule has 1 aromatic carbocycles. The molecule has 0 aliphatic heterocycles. The summed E-state index contributed by atoms with van der Waals surface area (Å²) in [6.45, 7) is 1.19. The standard InChI is InChI=1S/C15H17NO2/c1-16(10-14-7-8-18-12-14)11-15(17)9-13-5-3-2-4-6-13/h2-8,12H,9-11H2,1H3. The summed E-state index contributed by atoms with van der Waals surface area (Å²) >= 11 is 0. The van der Waals surface area contributed by atoms with Crippen molar-refractivity contribution in [3.8, 4) is 0 Å². The van der Waals surface area contributed by atoms with Crippen molar-refractivity contribution in [2.75, 3.05) is 13.6 Å². The molecule has 0 atom stereocenters. The first-order valence-corrected chi connectivity index (χ1v) is 5.99. The second-order valence-corrected chi connectivity index (χ2v) is 4.50. The summed E-state index contributed by atoms with van der Waals surface area (Å²) in [7, 11) is 1.94. The van der Waals surface area contributed by atoms with Gasteiger partial charge in [0.1, 0.15) is 0 Å². The van der Waals surface area contributed by atoms with Gasteiger partial charge in [-0.2, -0.15) is 0 Å². The van der Waals surface area contributed by atoms with E-state index in [-0.39, 0.29) is 5.78 Å². The Morgan fingerprint density at radius 3 is 2.61 bits per heavy atom. The maximum absolute atomic E-state index is 11.9. The van der Waals surface area contributed by atoms with E-state index in [1.54, 1.807) is 12.5 Å². The number of hydrogen-bond acceptors (Lipinski definition) is 3. The first-order chi connectivity index (χ1) is 8.74. The van der Waals surface area contributed by atoms with Gasteiger partial charge in [0.2, 0.25) is 0 Å². The highest BCUT2D eigenvalue weighted by molar-refractivity contribution is 5.82. The summed E-state index contributed by atoms with van der Waals surface area (Å²) < 4.78 is 5.00. The highest BCUT2D eigenvalue weighted by Crippen LogP contribution is 2.05. The lowest BCUT2D eigenvalue weighted by molar-refractivity contribution is -0.119. The molecule has 0 N–H and O–H groups in total. The lowest BCUT2D eigenvalue weighted by Gasteiger charge is -2.14. The second kappa shape index (κ2) is 6.17. The van der Waals surface area contributed by atoms with Crippen LogP contribution in [0.1, 0.15) is 11.1 Å². The Morgan fingerprint density at radius 2 is 1.94 bits per heavy atom. The van der Waals surface area contributed by atoms with E-state index < -0.39 is 0 Å². The normalized spacial score (nSPS) is 10.8. The molecule has 1 heterocycles. The summed E-state index contributed by atoms with van der Waals surface area (Å²) in [6, 6.07) is 11.7. The van der Waals surface area contributed by atoms with Crippen LogP contribution >= 0.6 is 0 Å². The Morgan fingerprint density at radius 1 is 1.17 bits per heavy atom. The van der Waals surface area contributed by atoms with Crippen molar-refractivity contribution in [2.45, 2.75) is 13.0 Å². The zero-order chi connectivity index (χ0) is 12.8. The number of nitrogens with zero attached hydrogens (tertiary/aromatic N) is 1. The van der Waals surface area contributed by atoms with Crippen LogP contribution in [0.4, 0.5) is 0 Å². The van der Waals surface area contributed by atoms with E-state index in [2.05, 4.69) is 0 Å². The van der Waals surface area contributed by atoms with Crippen LogP contribution in [-0.2, 0) is 17.8 Å². The van der Waals surface area contributed by atoms with E-state index >= 15 is 0 Å². The SMILES string of the molecule is CN(CC(=O)Cc1ccccc1)Cc1ccoc1. The molecule has 3 heteroatoms. The number of Topliss-reactive ketones (excluding diaryl/α,β-unsaturated/α-hetero) is 1. The largest absolute Gasteiger partial charge is 0.472 e. The predicted octanol–water partition coefficient (Wildman–Crippen LogP) is 2.52. The van der Waals surface area contributed by atoms with Crippen LogP contribution in [0.5, 0.6) is 0 Å². The quantitative estimate of drug-likeness (QED) is 0.781. The molecule has 0 aliphatic carbocycles. The third-order valence-electron chi connectivity index (χ3n) is 2.72. The van der Waals surface area contributed by atoms with E-state index in [1.807, 2.05) is 48.3 Å². The molecule has 0 amide bonds. The van der Waals surface area contributed by atoms with Gasteiger partial charge in [0.05, 0.1) is 19.1 Å². The number of carbonyl (C=O) groups is 1. The molecule has 0 radical (unpaired) electrons. The second-order valence-electron chi connectivity index (χ2n) is 4.50. The zero-order valence-corrected chi connectivity index (χ0v) is 10.5. The first kappa shape index (κ1) is 12.6. The third-order valence-corrected chi connectivity index (χ3v) is 2.72. The Labute approximate surface area is 107 Å². The molecule has 0 spiro atoms. The molecule has 1 aromatic heterocycles. The molecule has 2 aromatic rings. The summed E-state index contributed by atoms with van der Waals surface area (Å²) in [5.41, 5.74) is 2.16. The van der Waals surface area contributed by atoms with E-state index in [9.17, 15) is 4.79 Å². The number of carbonyl (C=O) groups excluding carboxylic acids is 1. The van der Waals surface area contributed by atoms with E-state index in [1.165, 1.54) is 0 Å². The van der Waals surface area contributed by atoms with Crippen LogP contribution in [0.2, 0.25) is 0 Å². The lowest BCUT2D eigenvalue weighted by Crippen LogP contribution is -2.26. The monoisotopic (exact) mass is 243 g/mol. The Hall–Kier alpha value is -1.87. The van der Waals surface area contributed by atoms with Crippen molar-refractivity contribution in [3.63, 3.8) is 0 Å². The molecular weight excluding hydrogens is 226 g/mol. The molecule has 0 fully saturated rings. The highest BCUT2D eigenvalue weighted by atomic mass is 16.3. The average molecular weight is 243 g/mol. The summed E-state index contributed by atoms with van der Waals surface area (Å²) in [5, 5.41) is 0. The molecule has 0 saturated carbocycles. The van der Waals surface area contributed by atoms with Gasteiger partial charge in [0.25, 0.3) is 0 Å².